The maximum absolute atomic E-state index is 14.5. The van der Waals surface area contributed by atoms with E-state index in [9.17, 15) is 18.4 Å². The molecule has 0 radical (unpaired) electrons. The topological polar surface area (TPSA) is 99.9 Å². The standard InChI is InChI=1S/C30H35F2N5O3/c1-21(19-36(15-5-14-33)28(38)23-10-12-25(31)13-11-23)18-30(24-7-4-8-26(32)17-24)35-34-29(39)37(30)20-22-6-3-9-27(16-22)40-2/h3-4,6-13,16-17,21,35H,5,14-15,18-20,33H2,1-2H3,(H,34,39). The molecule has 0 saturated carbocycles. The molecule has 1 aliphatic rings. The molecule has 1 heterocycles. The molecule has 2 unspecified atom stereocenters. The number of urea groups is 1. The van der Waals surface area contributed by atoms with E-state index in [-0.39, 0.29) is 24.4 Å². The Labute approximate surface area is 233 Å². The number of amides is 3. The Morgan fingerprint density at radius 1 is 1.07 bits per heavy atom. The van der Waals surface area contributed by atoms with Crippen LogP contribution in [-0.2, 0) is 12.2 Å². The normalized spacial score (nSPS) is 17.4. The Morgan fingerprint density at radius 2 is 1.82 bits per heavy atom. The molecular weight excluding hydrogens is 516 g/mol. The summed E-state index contributed by atoms with van der Waals surface area (Å²) in [6.45, 7) is 3.37. The molecule has 3 aromatic rings. The van der Waals surface area contributed by atoms with Crippen LogP contribution in [0.5, 0.6) is 5.75 Å². The number of benzene rings is 3. The molecule has 212 valence electrons. The van der Waals surface area contributed by atoms with Crippen molar-refractivity contribution in [1.29, 1.82) is 0 Å². The fourth-order valence-corrected chi connectivity index (χ4v) is 5.16. The number of nitrogens with two attached hydrogens (primary N) is 1. The van der Waals surface area contributed by atoms with E-state index in [0.717, 1.165) is 5.56 Å². The zero-order valence-corrected chi connectivity index (χ0v) is 22.7. The number of hydrogen-bond acceptors (Lipinski definition) is 5. The summed E-state index contributed by atoms with van der Waals surface area (Å²) in [6.07, 6.45) is 0.948. The van der Waals surface area contributed by atoms with E-state index in [1.165, 1.54) is 36.4 Å². The van der Waals surface area contributed by atoms with E-state index >= 15 is 0 Å². The SMILES string of the molecule is COc1cccc(CN2C(=O)NNC2(CC(C)CN(CCCN)C(=O)c2ccc(F)cc2)c2cccc(F)c2)c1. The van der Waals surface area contributed by atoms with Crippen LogP contribution in [0.15, 0.2) is 72.8 Å². The molecule has 1 saturated heterocycles. The second-order valence-electron chi connectivity index (χ2n) is 10.1. The zero-order valence-electron chi connectivity index (χ0n) is 22.7. The van der Waals surface area contributed by atoms with Gasteiger partial charge in [0, 0.05) is 25.2 Å². The lowest BCUT2D eigenvalue weighted by Gasteiger charge is -2.40. The summed E-state index contributed by atoms with van der Waals surface area (Å²) in [4.78, 5) is 29.9. The highest BCUT2D eigenvalue weighted by Gasteiger charge is 2.48. The summed E-state index contributed by atoms with van der Waals surface area (Å²) in [5.74, 6) is -0.579. The van der Waals surface area contributed by atoms with E-state index in [1.807, 2.05) is 31.2 Å². The van der Waals surface area contributed by atoms with Crippen LogP contribution in [0, 0.1) is 17.6 Å². The van der Waals surface area contributed by atoms with Crippen LogP contribution in [0.4, 0.5) is 13.6 Å². The van der Waals surface area contributed by atoms with Crippen molar-refractivity contribution in [2.75, 3.05) is 26.7 Å². The van der Waals surface area contributed by atoms with Gasteiger partial charge in [-0.25, -0.2) is 19.0 Å². The summed E-state index contributed by atoms with van der Waals surface area (Å²) >= 11 is 0. The first-order valence-corrected chi connectivity index (χ1v) is 13.2. The lowest BCUT2D eigenvalue weighted by molar-refractivity contribution is 0.0644. The first kappa shape index (κ1) is 29.0. The molecule has 3 aromatic carbocycles. The van der Waals surface area contributed by atoms with Gasteiger partial charge in [0.2, 0.25) is 0 Å². The van der Waals surface area contributed by atoms with Crippen LogP contribution in [0.3, 0.4) is 0 Å². The largest absolute Gasteiger partial charge is 0.497 e. The van der Waals surface area contributed by atoms with E-state index in [1.54, 1.807) is 29.0 Å². The molecule has 2 atom stereocenters. The number of hydrogen-bond donors (Lipinski definition) is 3. The third-order valence-electron chi connectivity index (χ3n) is 7.05. The monoisotopic (exact) mass is 551 g/mol. The number of nitrogens with one attached hydrogen (secondary N) is 2. The van der Waals surface area contributed by atoms with Crippen LogP contribution in [-0.4, -0.2) is 48.5 Å². The van der Waals surface area contributed by atoms with Gasteiger partial charge in [-0.1, -0.05) is 31.2 Å². The lowest BCUT2D eigenvalue weighted by atomic mass is 9.87. The Bertz CT molecular complexity index is 1320. The quantitative estimate of drug-likeness (QED) is 0.310. The minimum atomic E-state index is -1.11. The maximum atomic E-state index is 14.5. The van der Waals surface area contributed by atoms with Crippen LogP contribution in [0.25, 0.3) is 0 Å². The number of halogens is 2. The van der Waals surface area contributed by atoms with Crippen molar-refractivity contribution in [3.8, 4) is 5.75 Å². The summed E-state index contributed by atoms with van der Waals surface area (Å²) in [5, 5.41) is 0. The van der Waals surface area contributed by atoms with Gasteiger partial charge in [0.25, 0.3) is 5.91 Å². The van der Waals surface area contributed by atoms with Crippen LogP contribution in [0.1, 0.15) is 41.3 Å². The number of nitrogens with zero attached hydrogens (tertiary/aromatic N) is 2. The van der Waals surface area contributed by atoms with Gasteiger partial charge in [-0.15, -0.1) is 0 Å². The summed E-state index contributed by atoms with van der Waals surface area (Å²) in [7, 11) is 1.58. The van der Waals surface area contributed by atoms with Crippen molar-refractivity contribution in [2.24, 2.45) is 11.7 Å². The molecule has 3 amide bonds. The fraction of sp³-hybridized carbons (Fsp3) is 0.333. The Hall–Kier alpha value is -4.02. The predicted molar refractivity (Wildman–Crippen MR) is 148 cm³/mol. The summed E-state index contributed by atoms with van der Waals surface area (Å²) < 4.78 is 33.3. The number of carbonyl (C=O) groups excluding carboxylic acids is 2. The average Bonchev–Trinajstić information content (AvgIpc) is 3.26. The van der Waals surface area contributed by atoms with Crippen molar-refractivity contribution < 1.29 is 23.1 Å². The van der Waals surface area contributed by atoms with Crippen LogP contribution in [0.2, 0.25) is 0 Å². The summed E-state index contributed by atoms with van der Waals surface area (Å²) in [5.41, 5.74) is 12.3. The molecule has 0 aliphatic carbocycles. The molecule has 1 aliphatic heterocycles. The molecule has 10 heteroatoms. The number of methoxy groups -OCH3 is 1. The second kappa shape index (κ2) is 12.9. The Kier molecular flexibility index (Phi) is 9.34. The molecule has 4 rings (SSSR count). The number of rotatable bonds is 12. The molecule has 8 nitrogen and oxygen atoms in total. The van der Waals surface area contributed by atoms with Gasteiger partial charge in [0.1, 0.15) is 23.0 Å². The highest BCUT2D eigenvalue weighted by molar-refractivity contribution is 5.94. The van der Waals surface area contributed by atoms with Crippen LogP contribution < -0.4 is 21.3 Å². The number of carbonyl (C=O) groups is 2. The second-order valence-corrected chi connectivity index (χ2v) is 10.1. The highest BCUT2D eigenvalue weighted by Crippen LogP contribution is 2.37. The van der Waals surface area contributed by atoms with Gasteiger partial charge in [0.15, 0.2) is 0 Å². The van der Waals surface area contributed by atoms with Gasteiger partial charge in [-0.05, 0) is 85.0 Å². The molecule has 0 bridgehead atoms. The molecule has 4 N–H and O–H groups in total. The predicted octanol–water partition coefficient (Wildman–Crippen LogP) is 4.37. The van der Waals surface area contributed by atoms with E-state index in [4.69, 9.17) is 10.5 Å². The Morgan fingerprint density at radius 3 is 2.52 bits per heavy atom. The minimum Gasteiger partial charge on any atom is -0.497 e. The van der Waals surface area contributed by atoms with E-state index in [0.29, 0.717) is 49.4 Å². The van der Waals surface area contributed by atoms with Crippen molar-refractivity contribution >= 4 is 11.9 Å². The molecule has 1 fully saturated rings. The third kappa shape index (κ3) is 6.57. The lowest BCUT2D eigenvalue weighted by Crippen LogP contribution is -2.51. The fourth-order valence-electron chi connectivity index (χ4n) is 5.16. The first-order valence-electron chi connectivity index (χ1n) is 13.2. The van der Waals surface area contributed by atoms with Gasteiger partial charge < -0.3 is 15.4 Å². The molecule has 40 heavy (non-hydrogen) atoms. The molecule has 0 aromatic heterocycles. The Balaban J connectivity index is 1.64. The van der Waals surface area contributed by atoms with Gasteiger partial charge in [0.05, 0.1) is 7.11 Å². The number of hydrazine groups is 1. The molecule has 0 spiro atoms. The van der Waals surface area contributed by atoms with E-state index < -0.39 is 17.3 Å². The molecular formula is C30H35F2N5O3. The van der Waals surface area contributed by atoms with Gasteiger partial charge in [-0.3, -0.25) is 15.1 Å². The van der Waals surface area contributed by atoms with Crippen molar-refractivity contribution in [3.05, 3.63) is 101 Å². The van der Waals surface area contributed by atoms with Crippen molar-refractivity contribution in [1.82, 2.24) is 20.7 Å². The van der Waals surface area contributed by atoms with Crippen molar-refractivity contribution in [3.63, 3.8) is 0 Å². The minimum absolute atomic E-state index is 0.154. The van der Waals surface area contributed by atoms with Crippen LogP contribution >= 0.6 is 0 Å². The average molecular weight is 552 g/mol. The first-order chi connectivity index (χ1) is 19.3. The third-order valence-corrected chi connectivity index (χ3v) is 7.05. The van der Waals surface area contributed by atoms with Gasteiger partial charge in [-0.2, -0.15) is 0 Å². The smallest absolute Gasteiger partial charge is 0.333 e. The highest BCUT2D eigenvalue weighted by atomic mass is 19.1. The van der Waals surface area contributed by atoms with E-state index in [2.05, 4.69) is 10.9 Å². The van der Waals surface area contributed by atoms with Crippen molar-refractivity contribution in [2.45, 2.75) is 32.0 Å². The zero-order chi connectivity index (χ0) is 28.7. The summed E-state index contributed by atoms with van der Waals surface area (Å²) in [6, 6.07) is 18.6. The van der Waals surface area contributed by atoms with Gasteiger partial charge >= 0.3 is 6.03 Å². The number of ether oxygens (including phenoxy) is 1. The maximum Gasteiger partial charge on any atom is 0.333 e.